The zero-order valence-corrected chi connectivity index (χ0v) is 4.68. The number of carbonyl (C=O) groups excluding carboxylic acids is 1. The van der Waals surface area contributed by atoms with Crippen LogP contribution in [0.4, 0.5) is 0 Å². The van der Waals surface area contributed by atoms with E-state index in [1.165, 1.54) is 0 Å². The van der Waals surface area contributed by atoms with Crippen LogP contribution in [0.3, 0.4) is 0 Å². The normalized spacial score (nSPS) is 8.12. The molecule has 0 aliphatic rings. The Bertz CT molecular complexity index is 90.4. The van der Waals surface area contributed by atoms with Gasteiger partial charge in [-0.05, 0) is 6.42 Å². The van der Waals surface area contributed by atoms with Crippen molar-refractivity contribution in [1.82, 2.24) is 5.43 Å². The largest absolute Gasteiger partial charge is 0.294 e. The van der Waals surface area contributed by atoms with Gasteiger partial charge in [0, 0.05) is 6.42 Å². The number of hydrogen-bond acceptors (Lipinski definition) is 2. The second-order valence-corrected chi connectivity index (χ2v) is 1.39. The molecule has 0 rings (SSSR count). The van der Waals surface area contributed by atoms with Crippen molar-refractivity contribution < 1.29 is 4.79 Å². The highest BCUT2D eigenvalue weighted by molar-refractivity contribution is 5.75. The van der Waals surface area contributed by atoms with Crippen molar-refractivity contribution in [2.24, 2.45) is 5.84 Å². The minimum absolute atomic E-state index is 0.148. The van der Waals surface area contributed by atoms with Crippen molar-refractivity contribution in [2.45, 2.75) is 12.8 Å². The first-order chi connectivity index (χ1) is 3.81. The molecule has 0 aromatic heterocycles. The van der Waals surface area contributed by atoms with E-state index < -0.39 is 0 Å². The van der Waals surface area contributed by atoms with Gasteiger partial charge in [0.1, 0.15) is 0 Å². The van der Waals surface area contributed by atoms with Crippen LogP contribution < -0.4 is 11.3 Å². The van der Waals surface area contributed by atoms with Gasteiger partial charge in [0.2, 0.25) is 5.91 Å². The van der Waals surface area contributed by atoms with Crippen LogP contribution in [0.15, 0.2) is 12.7 Å². The van der Waals surface area contributed by atoms with Gasteiger partial charge in [-0.25, -0.2) is 5.84 Å². The predicted molar refractivity (Wildman–Crippen MR) is 31.8 cm³/mol. The smallest absolute Gasteiger partial charge is 0.234 e. The quantitative estimate of drug-likeness (QED) is 0.234. The molecule has 3 nitrogen and oxygen atoms in total. The molecule has 0 unspecified atom stereocenters. The fraction of sp³-hybridized carbons (Fsp3) is 0.400. The average Bonchev–Trinajstić information content (AvgIpc) is 1.83. The first-order valence-corrected chi connectivity index (χ1v) is 2.41. The van der Waals surface area contributed by atoms with Crippen molar-refractivity contribution >= 4 is 5.91 Å². The molecule has 0 bridgehead atoms. The number of nitrogens with two attached hydrogens (primary N) is 1. The number of hydrogen-bond donors (Lipinski definition) is 2. The minimum atomic E-state index is -0.148. The summed E-state index contributed by atoms with van der Waals surface area (Å²) in [4.78, 5) is 10.3. The van der Waals surface area contributed by atoms with Crippen LogP contribution in [-0.4, -0.2) is 5.91 Å². The topological polar surface area (TPSA) is 55.1 Å². The molecular weight excluding hydrogens is 104 g/mol. The Balaban J connectivity index is 3.11. The van der Waals surface area contributed by atoms with Crippen LogP contribution in [0.25, 0.3) is 0 Å². The van der Waals surface area contributed by atoms with E-state index in [1.54, 1.807) is 6.08 Å². The van der Waals surface area contributed by atoms with Crippen LogP contribution >= 0.6 is 0 Å². The van der Waals surface area contributed by atoms with Gasteiger partial charge < -0.3 is 0 Å². The van der Waals surface area contributed by atoms with Crippen LogP contribution in [0.2, 0.25) is 0 Å². The first-order valence-electron chi connectivity index (χ1n) is 2.41. The monoisotopic (exact) mass is 114 g/mol. The lowest BCUT2D eigenvalue weighted by Gasteiger charge is -1.92. The Labute approximate surface area is 48.5 Å². The molecule has 3 N–H and O–H groups in total. The maximum atomic E-state index is 10.3. The zero-order chi connectivity index (χ0) is 6.41. The Morgan fingerprint density at radius 1 is 1.88 bits per heavy atom. The van der Waals surface area contributed by atoms with Gasteiger partial charge in [-0.15, -0.1) is 6.58 Å². The van der Waals surface area contributed by atoms with E-state index in [1.807, 2.05) is 5.43 Å². The molecule has 3 heteroatoms. The molecule has 0 radical (unpaired) electrons. The molecular formula is C5H10N2O. The lowest BCUT2D eigenvalue weighted by atomic mass is 10.3. The maximum Gasteiger partial charge on any atom is 0.234 e. The van der Waals surface area contributed by atoms with E-state index in [2.05, 4.69) is 6.58 Å². The molecule has 0 saturated carbocycles. The standard InChI is InChI=1S/C5H10N2O/c1-2-3-4-5(8)7-6/h2H,1,3-4,6H2,(H,7,8). The highest BCUT2D eigenvalue weighted by Crippen LogP contribution is 1.85. The number of carbonyl (C=O) groups is 1. The molecule has 46 valence electrons. The summed E-state index contributed by atoms with van der Waals surface area (Å²) >= 11 is 0. The fourth-order valence-electron chi connectivity index (χ4n) is 0.305. The summed E-state index contributed by atoms with van der Waals surface area (Å²) in [6.07, 6.45) is 2.79. The number of rotatable bonds is 3. The number of allylic oxidation sites excluding steroid dienone is 1. The summed E-state index contributed by atoms with van der Waals surface area (Å²) in [5.41, 5.74) is 2.01. The maximum absolute atomic E-state index is 10.3. The second-order valence-electron chi connectivity index (χ2n) is 1.39. The van der Waals surface area contributed by atoms with Crippen LogP contribution in [0.1, 0.15) is 12.8 Å². The third-order valence-electron chi connectivity index (χ3n) is 0.737. The van der Waals surface area contributed by atoms with Crippen molar-refractivity contribution in [3.63, 3.8) is 0 Å². The van der Waals surface area contributed by atoms with Gasteiger partial charge >= 0.3 is 0 Å². The van der Waals surface area contributed by atoms with Crippen LogP contribution in [-0.2, 0) is 4.79 Å². The Morgan fingerprint density at radius 3 is 2.88 bits per heavy atom. The number of amides is 1. The third kappa shape index (κ3) is 3.36. The molecule has 0 heterocycles. The Hall–Kier alpha value is -0.830. The van der Waals surface area contributed by atoms with Crippen LogP contribution in [0.5, 0.6) is 0 Å². The lowest BCUT2D eigenvalue weighted by molar-refractivity contribution is -0.121. The fourth-order valence-corrected chi connectivity index (χ4v) is 0.305. The molecule has 0 aromatic carbocycles. The van der Waals surface area contributed by atoms with Crippen molar-refractivity contribution in [1.29, 1.82) is 0 Å². The zero-order valence-electron chi connectivity index (χ0n) is 4.68. The molecule has 0 spiro atoms. The van der Waals surface area contributed by atoms with Gasteiger partial charge in [-0.3, -0.25) is 10.2 Å². The lowest BCUT2D eigenvalue weighted by Crippen LogP contribution is -2.29. The van der Waals surface area contributed by atoms with E-state index in [9.17, 15) is 4.79 Å². The average molecular weight is 114 g/mol. The van der Waals surface area contributed by atoms with Crippen LogP contribution in [0, 0.1) is 0 Å². The predicted octanol–water partition coefficient (Wildman–Crippen LogP) is -0.0575. The summed E-state index contributed by atoms with van der Waals surface area (Å²) in [5.74, 6) is 4.63. The molecule has 0 aliphatic carbocycles. The molecule has 1 amide bonds. The van der Waals surface area contributed by atoms with Gasteiger partial charge in [0.25, 0.3) is 0 Å². The summed E-state index contributed by atoms with van der Waals surface area (Å²) in [7, 11) is 0. The molecule has 0 saturated heterocycles. The van der Waals surface area contributed by atoms with Crippen molar-refractivity contribution in [3.8, 4) is 0 Å². The highest BCUT2D eigenvalue weighted by atomic mass is 16.2. The van der Waals surface area contributed by atoms with Gasteiger partial charge in [-0.2, -0.15) is 0 Å². The van der Waals surface area contributed by atoms with E-state index in [4.69, 9.17) is 5.84 Å². The molecule has 0 atom stereocenters. The van der Waals surface area contributed by atoms with E-state index >= 15 is 0 Å². The van der Waals surface area contributed by atoms with E-state index in [0.29, 0.717) is 12.8 Å². The summed E-state index contributed by atoms with van der Waals surface area (Å²) < 4.78 is 0. The number of hydrazine groups is 1. The Kier molecular flexibility index (Phi) is 3.88. The molecule has 8 heavy (non-hydrogen) atoms. The SMILES string of the molecule is C=CCCC(=O)NN. The van der Waals surface area contributed by atoms with Crippen molar-refractivity contribution in [2.75, 3.05) is 0 Å². The van der Waals surface area contributed by atoms with E-state index in [0.717, 1.165) is 0 Å². The molecule has 0 aromatic rings. The summed E-state index contributed by atoms with van der Waals surface area (Å²) in [5, 5.41) is 0. The van der Waals surface area contributed by atoms with Crippen molar-refractivity contribution in [3.05, 3.63) is 12.7 Å². The molecule has 0 fully saturated rings. The van der Waals surface area contributed by atoms with Gasteiger partial charge in [0.15, 0.2) is 0 Å². The molecule has 0 aliphatic heterocycles. The van der Waals surface area contributed by atoms with Gasteiger partial charge in [-0.1, -0.05) is 6.08 Å². The summed E-state index contributed by atoms with van der Waals surface area (Å²) in [6, 6.07) is 0. The third-order valence-corrected chi connectivity index (χ3v) is 0.737. The second kappa shape index (κ2) is 4.33. The number of nitrogens with one attached hydrogen (secondary N) is 1. The van der Waals surface area contributed by atoms with E-state index in [-0.39, 0.29) is 5.91 Å². The summed E-state index contributed by atoms with van der Waals surface area (Å²) in [6.45, 7) is 3.45. The van der Waals surface area contributed by atoms with Gasteiger partial charge in [0.05, 0.1) is 0 Å². The highest BCUT2D eigenvalue weighted by Gasteiger charge is 1.91. The minimum Gasteiger partial charge on any atom is -0.294 e. The Morgan fingerprint density at radius 2 is 2.50 bits per heavy atom. The first kappa shape index (κ1) is 7.17.